The first-order valence-corrected chi connectivity index (χ1v) is 4.10. The molecule has 3 heteroatoms. The SMILES string of the molecule is CC[C@@](C)(C#N)NC1CNC1. The van der Waals surface area contributed by atoms with Crippen LogP contribution < -0.4 is 10.6 Å². The molecule has 0 aromatic rings. The van der Waals surface area contributed by atoms with Crippen molar-refractivity contribution in [1.82, 2.24) is 10.6 Å². The van der Waals surface area contributed by atoms with E-state index in [0.717, 1.165) is 19.5 Å². The van der Waals surface area contributed by atoms with Crippen LogP contribution in [0.4, 0.5) is 0 Å². The van der Waals surface area contributed by atoms with Gasteiger partial charge in [-0.15, -0.1) is 0 Å². The van der Waals surface area contributed by atoms with E-state index in [2.05, 4.69) is 16.7 Å². The summed E-state index contributed by atoms with van der Waals surface area (Å²) in [6.45, 7) is 5.97. The highest BCUT2D eigenvalue weighted by Crippen LogP contribution is 2.09. The van der Waals surface area contributed by atoms with Gasteiger partial charge in [-0.25, -0.2) is 0 Å². The molecule has 0 bridgehead atoms. The molecule has 62 valence electrons. The molecule has 0 saturated carbocycles. The van der Waals surface area contributed by atoms with Gasteiger partial charge in [-0.3, -0.25) is 5.32 Å². The number of hydrogen-bond donors (Lipinski definition) is 2. The lowest BCUT2D eigenvalue weighted by molar-refractivity contribution is 0.293. The summed E-state index contributed by atoms with van der Waals surface area (Å²) in [6, 6.07) is 2.79. The minimum Gasteiger partial charge on any atom is -0.314 e. The summed E-state index contributed by atoms with van der Waals surface area (Å²) < 4.78 is 0. The maximum Gasteiger partial charge on any atom is 0.103 e. The maximum atomic E-state index is 8.82. The molecule has 0 aromatic carbocycles. The Morgan fingerprint density at radius 2 is 2.36 bits per heavy atom. The number of nitrogens with one attached hydrogen (secondary N) is 2. The lowest BCUT2D eigenvalue weighted by Gasteiger charge is -2.34. The molecule has 1 aliphatic rings. The van der Waals surface area contributed by atoms with Crippen molar-refractivity contribution in [3.05, 3.63) is 0 Å². The monoisotopic (exact) mass is 153 g/mol. The van der Waals surface area contributed by atoms with Gasteiger partial charge < -0.3 is 5.32 Å². The number of rotatable bonds is 3. The first-order valence-electron chi connectivity index (χ1n) is 4.10. The molecule has 3 nitrogen and oxygen atoms in total. The molecule has 1 atom stereocenters. The van der Waals surface area contributed by atoms with Crippen LogP contribution in [0.2, 0.25) is 0 Å². The Morgan fingerprint density at radius 1 is 1.73 bits per heavy atom. The van der Waals surface area contributed by atoms with Crippen LogP contribution in [0, 0.1) is 11.3 Å². The Balaban J connectivity index is 2.37. The zero-order chi connectivity index (χ0) is 8.32. The fourth-order valence-electron chi connectivity index (χ4n) is 1.05. The van der Waals surface area contributed by atoms with Gasteiger partial charge in [0.2, 0.25) is 0 Å². The van der Waals surface area contributed by atoms with Gasteiger partial charge in [0.25, 0.3) is 0 Å². The van der Waals surface area contributed by atoms with Crippen LogP contribution in [0.3, 0.4) is 0 Å². The molecule has 1 saturated heterocycles. The van der Waals surface area contributed by atoms with Gasteiger partial charge in [-0.05, 0) is 13.3 Å². The molecule has 1 rings (SSSR count). The quantitative estimate of drug-likeness (QED) is 0.610. The summed E-state index contributed by atoms with van der Waals surface area (Å²) in [5, 5.41) is 15.3. The zero-order valence-corrected chi connectivity index (χ0v) is 7.15. The first-order chi connectivity index (χ1) is 5.20. The van der Waals surface area contributed by atoms with Crippen LogP contribution in [0.5, 0.6) is 0 Å². The van der Waals surface area contributed by atoms with E-state index in [1.54, 1.807) is 0 Å². The van der Waals surface area contributed by atoms with Gasteiger partial charge in [0.15, 0.2) is 0 Å². The second-order valence-corrected chi connectivity index (χ2v) is 3.30. The van der Waals surface area contributed by atoms with Crippen molar-refractivity contribution in [2.75, 3.05) is 13.1 Å². The molecule has 2 N–H and O–H groups in total. The van der Waals surface area contributed by atoms with Crippen LogP contribution in [0.25, 0.3) is 0 Å². The molecule has 0 radical (unpaired) electrons. The molecule has 11 heavy (non-hydrogen) atoms. The van der Waals surface area contributed by atoms with Gasteiger partial charge >= 0.3 is 0 Å². The zero-order valence-electron chi connectivity index (χ0n) is 7.15. The lowest BCUT2D eigenvalue weighted by atomic mass is 9.98. The summed E-state index contributed by atoms with van der Waals surface area (Å²) in [4.78, 5) is 0. The minimum atomic E-state index is -0.327. The smallest absolute Gasteiger partial charge is 0.103 e. The fraction of sp³-hybridized carbons (Fsp3) is 0.875. The fourth-order valence-corrected chi connectivity index (χ4v) is 1.05. The second-order valence-electron chi connectivity index (χ2n) is 3.30. The number of nitriles is 1. The van der Waals surface area contributed by atoms with Gasteiger partial charge in [-0.1, -0.05) is 6.92 Å². The average Bonchev–Trinajstić information content (AvgIpc) is 1.97. The number of nitrogens with zero attached hydrogens (tertiary/aromatic N) is 1. The van der Waals surface area contributed by atoms with Gasteiger partial charge in [0, 0.05) is 19.1 Å². The summed E-state index contributed by atoms with van der Waals surface area (Å²) in [7, 11) is 0. The lowest BCUT2D eigenvalue weighted by Crippen LogP contribution is -2.61. The second kappa shape index (κ2) is 3.21. The molecule has 1 heterocycles. The molecule has 0 amide bonds. The third-order valence-electron chi connectivity index (χ3n) is 2.26. The molecular formula is C8H15N3. The summed E-state index contributed by atoms with van der Waals surface area (Å²) in [5.74, 6) is 0. The third kappa shape index (κ3) is 1.92. The van der Waals surface area contributed by atoms with Crippen LogP contribution in [0.15, 0.2) is 0 Å². The van der Waals surface area contributed by atoms with Crippen molar-refractivity contribution in [1.29, 1.82) is 5.26 Å². The molecular weight excluding hydrogens is 138 g/mol. The highest BCUT2D eigenvalue weighted by atomic mass is 15.1. The maximum absolute atomic E-state index is 8.82. The van der Waals surface area contributed by atoms with E-state index in [1.807, 2.05) is 13.8 Å². The summed E-state index contributed by atoms with van der Waals surface area (Å²) in [6.07, 6.45) is 0.861. The largest absolute Gasteiger partial charge is 0.314 e. The van der Waals surface area contributed by atoms with E-state index in [9.17, 15) is 0 Å². The Labute approximate surface area is 67.8 Å². The van der Waals surface area contributed by atoms with Gasteiger partial charge in [-0.2, -0.15) is 5.26 Å². The minimum absolute atomic E-state index is 0.327. The van der Waals surface area contributed by atoms with Gasteiger partial charge in [0.05, 0.1) is 6.07 Å². The van der Waals surface area contributed by atoms with Crippen LogP contribution >= 0.6 is 0 Å². The van der Waals surface area contributed by atoms with Crippen molar-refractivity contribution in [2.24, 2.45) is 0 Å². The van der Waals surface area contributed by atoms with Gasteiger partial charge in [0.1, 0.15) is 5.54 Å². The van der Waals surface area contributed by atoms with Crippen LogP contribution in [-0.4, -0.2) is 24.7 Å². The Kier molecular flexibility index (Phi) is 2.48. The molecule has 0 aliphatic carbocycles. The molecule has 0 unspecified atom stereocenters. The van der Waals surface area contributed by atoms with E-state index in [1.165, 1.54) is 0 Å². The molecule has 0 aromatic heterocycles. The van der Waals surface area contributed by atoms with E-state index >= 15 is 0 Å². The van der Waals surface area contributed by atoms with Crippen LogP contribution in [0.1, 0.15) is 20.3 Å². The Bertz CT molecular complexity index is 169. The van der Waals surface area contributed by atoms with Crippen LogP contribution in [-0.2, 0) is 0 Å². The predicted molar refractivity (Wildman–Crippen MR) is 44.1 cm³/mol. The highest BCUT2D eigenvalue weighted by molar-refractivity contribution is 5.05. The standard InChI is InChI=1S/C8H15N3/c1-3-8(2,6-9)11-7-4-10-5-7/h7,10-11H,3-5H2,1-2H3/t8-/m0/s1. The van der Waals surface area contributed by atoms with E-state index < -0.39 is 0 Å². The predicted octanol–water partition coefficient (Wildman–Crippen LogP) is 0.240. The van der Waals surface area contributed by atoms with E-state index in [-0.39, 0.29) is 5.54 Å². The van der Waals surface area contributed by atoms with Crippen molar-refractivity contribution in [3.8, 4) is 6.07 Å². The average molecular weight is 153 g/mol. The molecule has 1 fully saturated rings. The van der Waals surface area contributed by atoms with E-state index in [4.69, 9.17) is 5.26 Å². The summed E-state index contributed by atoms with van der Waals surface area (Å²) >= 11 is 0. The van der Waals surface area contributed by atoms with Crippen molar-refractivity contribution < 1.29 is 0 Å². The highest BCUT2D eigenvalue weighted by Gasteiger charge is 2.27. The van der Waals surface area contributed by atoms with Crippen molar-refractivity contribution in [3.63, 3.8) is 0 Å². The Morgan fingerprint density at radius 3 is 2.64 bits per heavy atom. The first kappa shape index (κ1) is 8.51. The third-order valence-corrected chi connectivity index (χ3v) is 2.26. The van der Waals surface area contributed by atoms with Crippen molar-refractivity contribution in [2.45, 2.75) is 31.8 Å². The molecule has 1 aliphatic heterocycles. The summed E-state index contributed by atoms with van der Waals surface area (Å²) in [5.41, 5.74) is -0.327. The van der Waals surface area contributed by atoms with Crippen molar-refractivity contribution >= 4 is 0 Å². The normalized spacial score (nSPS) is 23.4. The molecule has 0 spiro atoms. The topological polar surface area (TPSA) is 47.9 Å². The number of hydrogen-bond acceptors (Lipinski definition) is 3. The van der Waals surface area contributed by atoms with E-state index in [0.29, 0.717) is 6.04 Å². The Hall–Kier alpha value is -0.590.